The van der Waals surface area contributed by atoms with Crippen molar-refractivity contribution in [2.24, 2.45) is 11.7 Å². The van der Waals surface area contributed by atoms with Crippen LogP contribution < -0.4 is 11.1 Å². The zero-order valence-corrected chi connectivity index (χ0v) is 10.8. The van der Waals surface area contributed by atoms with Crippen LogP contribution in [0.3, 0.4) is 0 Å². The summed E-state index contributed by atoms with van der Waals surface area (Å²) in [6, 6.07) is 0.275. The van der Waals surface area contributed by atoms with E-state index in [0.717, 1.165) is 38.1 Å². The zero-order chi connectivity index (χ0) is 13.0. The molecule has 1 aliphatic rings. The summed E-state index contributed by atoms with van der Waals surface area (Å²) in [5.74, 6) is 1.04. The van der Waals surface area contributed by atoms with Crippen LogP contribution in [-0.4, -0.2) is 26.7 Å². The Hall–Kier alpha value is -1.43. The molecular formula is C12H21N5O. The molecule has 0 radical (unpaired) electrons. The van der Waals surface area contributed by atoms with Gasteiger partial charge in [0.15, 0.2) is 5.82 Å². The van der Waals surface area contributed by atoms with E-state index < -0.39 is 0 Å². The van der Waals surface area contributed by atoms with Gasteiger partial charge in [0.05, 0.1) is 6.54 Å². The number of hydrogen-bond acceptors (Lipinski definition) is 4. The average Bonchev–Trinajstić information content (AvgIpc) is 2.84. The molecule has 6 heteroatoms. The number of carbonyl (C=O) groups excluding carboxylic acids is 1. The van der Waals surface area contributed by atoms with E-state index in [9.17, 15) is 4.79 Å². The lowest BCUT2D eigenvalue weighted by molar-refractivity contribution is -0.126. The van der Waals surface area contributed by atoms with Crippen LogP contribution in [-0.2, 0) is 17.9 Å². The van der Waals surface area contributed by atoms with Crippen molar-refractivity contribution in [3.8, 4) is 0 Å². The fourth-order valence-corrected chi connectivity index (χ4v) is 2.37. The van der Waals surface area contributed by atoms with Gasteiger partial charge in [-0.3, -0.25) is 4.79 Å². The predicted molar refractivity (Wildman–Crippen MR) is 67.5 cm³/mol. The molecule has 18 heavy (non-hydrogen) atoms. The summed E-state index contributed by atoms with van der Waals surface area (Å²) >= 11 is 0. The predicted octanol–water partition coefficient (Wildman–Crippen LogP) is 0.432. The Morgan fingerprint density at radius 2 is 2.22 bits per heavy atom. The molecule has 1 aliphatic carbocycles. The number of nitrogens with two attached hydrogens (primary N) is 1. The Kier molecular flexibility index (Phi) is 4.30. The van der Waals surface area contributed by atoms with Gasteiger partial charge in [-0.15, -0.1) is 10.2 Å². The molecule has 1 saturated carbocycles. The van der Waals surface area contributed by atoms with Gasteiger partial charge in [-0.05, 0) is 32.6 Å². The number of aryl methyl sites for hydroxylation is 1. The molecule has 2 rings (SSSR count). The minimum absolute atomic E-state index is 0.114. The van der Waals surface area contributed by atoms with Gasteiger partial charge in [0.25, 0.3) is 0 Å². The second kappa shape index (κ2) is 5.95. The molecule has 1 fully saturated rings. The van der Waals surface area contributed by atoms with Crippen molar-refractivity contribution in [1.82, 2.24) is 20.1 Å². The highest BCUT2D eigenvalue weighted by Crippen LogP contribution is 2.23. The van der Waals surface area contributed by atoms with Gasteiger partial charge < -0.3 is 15.6 Å². The van der Waals surface area contributed by atoms with Crippen LogP contribution >= 0.6 is 0 Å². The molecule has 3 N–H and O–H groups in total. The Labute approximate surface area is 107 Å². The van der Waals surface area contributed by atoms with E-state index >= 15 is 0 Å². The highest BCUT2D eigenvalue weighted by molar-refractivity contribution is 5.78. The van der Waals surface area contributed by atoms with Crippen LogP contribution in [0.1, 0.15) is 38.4 Å². The Morgan fingerprint density at radius 1 is 1.50 bits per heavy atom. The third-order valence-corrected chi connectivity index (χ3v) is 3.60. The maximum absolute atomic E-state index is 12.0. The molecule has 6 nitrogen and oxygen atoms in total. The smallest absolute Gasteiger partial charge is 0.223 e. The van der Waals surface area contributed by atoms with Gasteiger partial charge in [-0.1, -0.05) is 0 Å². The highest BCUT2D eigenvalue weighted by atomic mass is 16.1. The molecule has 0 aliphatic heterocycles. The van der Waals surface area contributed by atoms with Crippen molar-refractivity contribution < 1.29 is 4.79 Å². The maximum atomic E-state index is 12.0. The van der Waals surface area contributed by atoms with E-state index in [1.54, 1.807) is 6.33 Å². The van der Waals surface area contributed by atoms with Crippen LogP contribution in [0.15, 0.2) is 6.33 Å². The first-order chi connectivity index (χ1) is 8.70. The number of nitrogens with one attached hydrogen (secondary N) is 1. The van der Waals surface area contributed by atoms with E-state index in [1.807, 2.05) is 11.5 Å². The minimum atomic E-state index is 0.114. The van der Waals surface area contributed by atoms with Gasteiger partial charge in [0.1, 0.15) is 6.33 Å². The molecule has 1 aromatic heterocycles. The van der Waals surface area contributed by atoms with Crippen molar-refractivity contribution in [2.45, 2.75) is 51.7 Å². The molecular weight excluding hydrogens is 230 g/mol. The first-order valence-electron chi connectivity index (χ1n) is 6.60. The topological polar surface area (TPSA) is 85.8 Å². The van der Waals surface area contributed by atoms with E-state index in [-0.39, 0.29) is 17.9 Å². The van der Waals surface area contributed by atoms with Gasteiger partial charge in [-0.25, -0.2) is 0 Å². The van der Waals surface area contributed by atoms with Crippen LogP contribution in [0.25, 0.3) is 0 Å². The standard InChI is InChI=1S/C12H21N5O/c1-2-17-8-15-16-11(17)7-14-12(18)9-3-5-10(13)6-4-9/h8-10H,2-7,13H2,1H3,(H,14,18). The van der Waals surface area contributed by atoms with Crippen molar-refractivity contribution >= 4 is 5.91 Å². The normalized spacial score (nSPS) is 23.9. The molecule has 0 unspecified atom stereocenters. The number of hydrogen-bond donors (Lipinski definition) is 2. The van der Waals surface area contributed by atoms with Gasteiger partial charge in [-0.2, -0.15) is 0 Å². The summed E-state index contributed by atoms with van der Waals surface area (Å²) in [7, 11) is 0. The largest absolute Gasteiger partial charge is 0.349 e. The third kappa shape index (κ3) is 3.07. The van der Waals surface area contributed by atoms with E-state index in [0.29, 0.717) is 6.54 Å². The summed E-state index contributed by atoms with van der Waals surface area (Å²) in [5, 5.41) is 10.8. The number of carbonyl (C=O) groups is 1. The molecule has 1 heterocycles. The summed E-state index contributed by atoms with van der Waals surface area (Å²) in [6.45, 7) is 3.29. The Bertz CT molecular complexity index is 395. The first-order valence-corrected chi connectivity index (χ1v) is 6.60. The minimum Gasteiger partial charge on any atom is -0.349 e. The van der Waals surface area contributed by atoms with Crippen LogP contribution in [0.2, 0.25) is 0 Å². The maximum Gasteiger partial charge on any atom is 0.223 e. The molecule has 0 aromatic carbocycles. The van der Waals surface area contributed by atoms with Gasteiger partial charge in [0, 0.05) is 18.5 Å². The van der Waals surface area contributed by atoms with E-state index in [2.05, 4.69) is 15.5 Å². The lowest BCUT2D eigenvalue weighted by atomic mass is 9.86. The monoisotopic (exact) mass is 251 g/mol. The lowest BCUT2D eigenvalue weighted by Crippen LogP contribution is -2.36. The van der Waals surface area contributed by atoms with E-state index in [4.69, 9.17) is 5.73 Å². The first kappa shape index (κ1) is 13.0. The number of amides is 1. The Balaban J connectivity index is 1.81. The fraction of sp³-hybridized carbons (Fsp3) is 0.750. The van der Waals surface area contributed by atoms with Crippen molar-refractivity contribution in [3.63, 3.8) is 0 Å². The summed E-state index contributed by atoms with van der Waals surface area (Å²) in [4.78, 5) is 12.0. The second-order valence-electron chi connectivity index (χ2n) is 4.86. The highest BCUT2D eigenvalue weighted by Gasteiger charge is 2.24. The van der Waals surface area contributed by atoms with Crippen molar-refractivity contribution in [2.75, 3.05) is 0 Å². The fourth-order valence-electron chi connectivity index (χ4n) is 2.37. The quantitative estimate of drug-likeness (QED) is 0.812. The second-order valence-corrected chi connectivity index (χ2v) is 4.86. The SMILES string of the molecule is CCn1cnnc1CNC(=O)C1CCC(N)CC1. The molecule has 0 atom stereocenters. The molecule has 1 amide bonds. The number of aromatic nitrogens is 3. The molecule has 1 aromatic rings. The van der Waals surface area contributed by atoms with E-state index in [1.165, 1.54) is 0 Å². The average molecular weight is 251 g/mol. The van der Waals surface area contributed by atoms with Gasteiger partial charge >= 0.3 is 0 Å². The third-order valence-electron chi connectivity index (χ3n) is 3.60. The lowest BCUT2D eigenvalue weighted by Gasteiger charge is -2.25. The molecule has 0 saturated heterocycles. The Morgan fingerprint density at radius 3 is 2.89 bits per heavy atom. The van der Waals surface area contributed by atoms with Crippen LogP contribution in [0.4, 0.5) is 0 Å². The van der Waals surface area contributed by atoms with Gasteiger partial charge in [0.2, 0.25) is 5.91 Å². The van der Waals surface area contributed by atoms with Crippen LogP contribution in [0, 0.1) is 5.92 Å². The molecule has 0 bridgehead atoms. The van der Waals surface area contributed by atoms with Crippen molar-refractivity contribution in [1.29, 1.82) is 0 Å². The summed E-state index contributed by atoms with van der Waals surface area (Å²) < 4.78 is 1.93. The summed E-state index contributed by atoms with van der Waals surface area (Å²) in [6.07, 6.45) is 5.37. The summed E-state index contributed by atoms with van der Waals surface area (Å²) in [5.41, 5.74) is 5.83. The number of rotatable bonds is 4. The zero-order valence-electron chi connectivity index (χ0n) is 10.8. The molecule has 100 valence electrons. The number of nitrogens with zero attached hydrogens (tertiary/aromatic N) is 3. The molecule has 0 spiro atoms. The van der Waals surface area contributed by atoms with Crippen molar-refractivity contribution in [3.05, 3.63) is 12.2 Å². The van der Waals surface area contributed by atoms with Crippen LogP contribution in [0.5, 0.6) is 0 Å².